The lowest BCUT2D eigenvalue weighted by atomic mass is 10.1. The van der Waals surface area contributed by atoms with E-state index in [2.05, 4.69) is 10.3 Å². The molecule has 1 N–H and O–H groups in total. The van der Waals surface area contributed by atoms with Gasteiger partial charge in [-0.15, -0.1) is 0 Å². The summed E-state index contributed by atoms with van der Waals surface area (Å²) in [5.74, 6) is 2.43. The van der Waals surface area contributed by atoms with Crippen LogP contribution in [0.25, 0.3) is 0 Å². The third-order valence-electron chi connectivity index (χ3n) is 2.93. The molecule has 0 spiro atoms. The third kappa shape index (κ3) is 2.81. The average Bonchev–Trinajstić information content (AvgIpc) is 2.88. The molecule has 0 amide bonds. The summed E-state index contributed by atoms with van der Waals surface area (Å²) < 4.78 is 16.3. The van der Waals surface area contributed by atoms with Crippen LogP contribution < -0.4 is 14.8 Å². The number of hydrogen-bond donors (Lipinski definition) is 1. The molecule has 19 heavy (non-hydrogen) atoms. The summed E-state index contributed by atoms with van der Waals surface area (Å²) in [6.07, 6.45) is 2.31. The molecule has 2 rings (SSSR count). The molecule has 1 heterocycles. The van der Waals surface area contributed by atoms with Crippen molar-refractivity contribution >= 4 is 6.01 Å². The number of anilines is 1. The number of nitrogens with one attached hydrogen (secondary N) is 1. The number of rotatable bonds is 5. The maximum Gasteiger partial charge on any atom is 0.294 e. The van der Waals surface area contributed by atoms with Gasteiger partial charge in [-0.3, -0.25) is 0 Å². The van der Waals surface area contributed by atoms with Crippen molar-refractivity contribution in [1.82, 2.24) is 4.98 Å². The van der Waals surface area contributed by atoms with E-state index in [-0.39, 0.29) is 0 Å². The van der Waals surface area contributed by atoms with Crippen LogP contribution in [0.4, 0.5) is 6.01 Å². The van der Waals surface area contributed by atoms with Crippen molar-refractivity contribution in [2.24, 2.45) is 0 Å². The molecule has 0 fully saturated rings. The lowest BCUT2D eigenvalue weighted by Gasteiger charge is -2.12. The number of methoxy groups -OCH3 is 2. The smallest absolute Gasteiger partial charge is 0.294 e. The molecule has 0 atom stereocenters. The van der Waals surface area contributed by atoms with Crippen LogP contribution in [0, 0.1) is 6.92 Å². The zero-order chi connectivity index (χ0) is 13.8. The molecule has 5 heteroatoms. The highest BCUT2D eigenvalue weighted by atomic mass is 16.5. The van der Waals surface area contributed by atoms with Crippen LogP contribution in [-0.2, 0) is 6.42 Å². The predicted molar refractivity (Wildman–Crippen MR) is 73.1 cm³/mol. The topological polar surface area (TPSA) is 56.5 Å². The molecule has 2 aromatic rings. The van der Waals surface area contributed by atoms with Crippen molar-refractivity contribution in [3.05, 3.63) is 35.2 Å². The van der Waals surface area contributed by atoms with Crippen LogP contribution in [0.2, 0.25) is 0 Å². The molecule has 0 radical (unpaired) electrons. The number of nitrogens with zero attached hydrogens (tertiary/aromatic N) is 1. The van der Waals surface area contributed by atoms with Crippen molar-refractivity contribution in [2.45, 2.75) is 13.3 Å². The van der Waals surface area contributed by atoms with Crippen LogP contribution in [0.5, 0.6) is 11.5 Å². The van der Waals surface area contributed by atoms with Crippen molar-refractivity contribution < 1.29 is 13.9 Å². The van der Waals surface area contributed by atoms with E-state index in [1.54, 1.807) is 27.5 Å². The third-order valence-corrected chi connectivity index (χ3v) is 2.93. The van der Waals surface area contributed by atoms with Gasteiger partial charge in [0.15, 0.2) is 0 Å². The molecule has 0 bridgehead atoms. The number of benzene rings is 1. The number of aromatic nitrogens is 1. The molecule has 0 aliphatic heterocycles. The second kappa shape index (κ2) is 5.65. The van der Waals surface area contributed by atoms with E-state index in [1.807, 2.05) is 19.1 Å². The molecule has 0 aliphatic rings. The number of hydrogen-bond acceptors (Lipinski definition) is 5. The molecule has 1 aromatic carbocycles. The molecule has 1 aromatic heterocycles. The van der Waals surface area contributed by atoms with Crippen LogP contribution >= 0.6 is 0 Å². The summed E-state index contributed by atoms with van der Waals surface area (Å²) >= 11 is 0. The maximum atomic E-state index is 5.52. The lowest BCUT2D eigenvalue weighted by Crippen LogP contribution is -1.96. The lowest BCUT2D eigenvalue weighted by molar-refractivity contribution is 0.396. The molecular weight excluding hydrogens is 244 g/mol. The van der Waals surface area contributed by atoms with Crippen LogP contribution in [0.1, 0.15) is 16.9 Å². The fraction of sp³-hybridized carbons (Fsp3) is 0.357. The first-order chi connectivity index (χ1) is 9.17. The Morgan fingerprint density at radius 2 is 1.95 bits per heavy atom. The van der Waals surface area contributed by atoms with E-state index in [0.29, 0.717) is 12.4 Å². The first-order valence-corrected chi connectivity index (χ1v) is 6.02. The van der Waals surface area contributed by atoms with Crippen LogP contribution in [0.15, 0.2) is 22.7 Å². The summed E-state index contributed by atoms with van der Waals surface area (Å²) in [6, 6.07) is 4.44. The minimum absolute atomic E-state index is 0.507. The Balaban J connectivity index is 2.32. The van der Waals surface area contributed by atoms with E-state index in [4.69, 9.17) is 13.9 Å². The van der Waals surface area contributed by atoms with Gasteiger partial charge in [-0.05, 0) is 24.6 Å². The predicted octanol–water partition coefficient (Wildman–Crippen LogP) is 2.63. The average molecular weight is 262 g/mol. The van der Waals surface area contributed by atoms with E-state index in [1.165, 1.54) is 0 Å². The quantitative estimate of drug-likeness (QED) is 0.897. The summed E-state index contributed by atoms with van der Waals surface area (Å²) in [7, 11) is 5.08. The fourth-order valence-corrected chi connectivity index (χ4v) is 1.94. The van der Waals surface area contributed by atoms with Gasteiger partial charge in [-0.2, -0.15) is 0 Å². The number of ether oxygens (including phenoxy) is 2. The minimum Gasteiger partial charge on any atom is -0.496 e. The minimum atomic E-state index is 0.507. The normalized spacial score (nSPS) is 10.3. The monoisotopic (exact) mass is 262 g/mol. The number of oxazole rings is 1. The molecule has 0 aliphatic carbocycles. The van der Waals surface area contributed by atoms with Gasteiger partial charge in [0.25, 0.3) is 6.01 Å². The second-order valence-electron chi connectivity index (χ2n) is 4.19. The van der Waals surface area contributed by atoms with E-state index in [9.17, 15) is 0 Å². The van der Waals surface area contributed by atoms with Gasteiger partial charge in [-0.25, -0.2) is 4.98 Å². The van der Waals surface area contributed by atoms with Gasteiger partial charge in [-0.1, -0.05) is 0 Å². The van der Waals surface area contributed by atoms with Crippen molar-refractivity contribution in [2.75, 3.05) is 26.6 Å². The molecule has 0 saturated heterocycles. The van der Waals surface area contributed by atoms with Gasteiger partial charge in [0, 0.05) is 19.0 Å². The summed E-state index contributed by atoms with van der Waals surface area (Å²) in [5.41, 5.74) is 2.04. The zero-order valence-electron chi connectivity index (χ0n) is 11.6. The molecule has 102 valence electrons. The van der Waals surface area contributed by atoms with E-state index < -0.39 is 0 Å². The summed E-state index contributed by atoms with van der Waals surface area (Å²) in [6.45, 7) is 1.98. The van der Waals surface area contributed by atoms with Crippen LogP contribution in [0.3, 0.4) is 0 Å². The Labute approximate surface area is 112 Å². The van der Waals surface area contributed by atoms with Crippen molar-refractivity contribution in [3.63, 3.8) is 0 Å². The molecular formula is C14H18N2O3. The highest BCUT2D eigenvalue weighted by molar-refractivity contribution is 5.47. The Morgan fingerprint density at radius 1 is 1.21 bits per heavy atom. The SMILES string of the molecule is CNc1ncc(Cc2cc(OC)c(C)cc2OC)o1. The Bertz CT molecular complexity index is 564. The molecule has 0 unspecified atom stereocenters. The van der Waals surface area contributed by atoms with Gasteiger partial charge >= 0.3 is 0 Å². The summed E-state index contributed by atoms with van der Waals surface area (Å²) in [4.78, 5) is 4.10. The van der Waals surface area contributed by atoms with E-state index >= 15 is 0 Å². The van der Waals surface area contributed by atoms with Gasteiger partial charge in [0.1, 0.15) is 17.3 Å². The first-order valence-electron chi connectivity index (χ1n) is 6.02. The van der Waals surface area contributed by atoms with E-state index in [0.717, 1.165) is 28.4 Å². The highest BCUT2D eigenvalue weighted by Crippen LogP contribution is 2.30. The van der Waals surface area contributed by atoms with Gasteiger partial charge in [0.05, 0.1) is 20.4 Å². The molecule has 0 saturated carbocycles. The standard InChI is InChI=1S/C14H18N2O3/c1-9-5-13(18-4)10(7-12(9)17-3)6-11-8-16-14(15-2)19-11/h5,7-8H,6H2,1-4H3,(H,15,16). The highest BCUT2D eigenvalue weighted by Gasteiger charge is 2.11. The van der Waals surface area contributed by atoms with Gasteiger partial charge < -0.3 is 19.2 Å². The first kappa shape index (κ1) is 13.3. The van der Waals surface area contributed by atoms with Gasteiger partial charge in [0.2, 0.25) is 0 Å². The number of aryl methyl sites for hydroxylation is 1. The Hall–Kier alpha value is -2.17. The summed E-state index contributed by atoms with van der Waals surface area (Å²) in [5, 5.41) is 2.86. The van der Waals surface area contributed by atoms with Crippen LogP contribution in [-0.4, -0.2) is 26.3 Å². The largest absolute Gasteiger partial charge is 0.496 e. The Morgan fingerprint density at radius 3 is 2.53 bits per heavy atom. The Kier molecular flexibility index (Phi) is 3.94. The van der Waals surface area contributed by atoms with Crippen molar-refractivity contribution in [3.8, 4) is 11.5 Å². The van der Waals surface area contributed by atoms with Crippen molar-refractivity contribution in [1.29, 1.82) is 0 Å². The fourth-order valence-electron chi connectivity index (χ4n) is 1.94. The molecule has 5 nitrogen and oxygen atoms in total. The maximum absolute atomic E-state index is 5.52. The zero-order valence-corrected chi connectivity index (χ0v) is 11.6. The second-order valence-corrected chi connectivity index (χ2v) is 4.19.